The lowest BCUT2D eigenvalue weighted by molar-refractivity contribution is 0.394. The molecule has 0 unspecified atom stereocenters. The van der Waals surface area contributed by atoms with Gasteiger partial charge in [-0.1, -0.05) is 0 Å². The van der Waals surface area contributed by atoms with Crippen LogP contribution in [0.25, 0.3) is 11.5 Å². The van der Waals surface area contributed by atoms with E-state index in [2.05, 4.69) is 10.1 Å². The van der Waals surface area contributed by atoms with Gasteiger partial charge < -0.3 is 13.9 Å². The number of rotatable bonds is 6. The van der Waals surface area contributed by atoms with Crippen LogP contribution >= 0.6 is 11.3 Å². The standard InChI is InChI=1S/C18H19N3O3S/c1-4-19-18-21(15(12-25-18)16-6-5-9-24-16)20-11-13-7-8-14(22-2)10-17(13)23-3/h5-12H,4H2,1-3H3. The summed E-state index contributed by atoms with van der Waals surface area (Å²) in [5.74, 6) is 2.16. The molecule has 0 bridgehead atoms. The van der Waals surface area contributed by atoms with Gasteiger partial charge in [-0.3, -0.25) is 4.99 Å². The van der Waals surface area contributed by atoms with Crippen molar-refractivity contribution in [1.29, 1.82) is 0 Å². The molecule has 0 spiro atoms. The van der Waals surface area contributed by atoms with Crippen molar-refractivity contribution in [3.63, 3.8) is 0 Å². The molecule has 0 radical (unpaired) electrons. The topological polar surface area (TPSA) is 61.2 Å². The monoisotopic (exact) mass is 357 g/mol. The average molecular weight is 357 g/mol. The van der Waals surface area contributed by atoms with Crippen molar-refractivity contribution < 1.29 is 13.9 Å². The number of methoxy groups -OCH3 is 2. The summed E-state index contributed by atoms with van der Waals surface area (Å²) in [6.07, 6.45) is 3.39. The van der Waals surface area contributed by atoms with Gasteiger partial charge in [0.2, 0.25) is 4.80 Å². The van der Waals surface area contributed by atoms with Crippen molar-refractivity contribution in [1.82, 2.24) is 4.68 Å². The minimum Gasteiger partial charge on any atom is -0.497 e. The fraction of sp³-hybridized carbons (Fsp3) is 0.222. The Kier molecular flexibility index (Phi) is 5.35. The Morgan fingerprint density at radius 2 is 2.12 bits per heavy atom. The highest BCUT2D eigenvalue weighted by atomic mass is 32.1. The molecular formula is C18H19N3O3S. The van der Waals surface area contributed by atoms with Gasteiger partial charge in [0.05, 0.1) is 26.7 Å². The van der Waals surface area contributed by atoms with Crippen molar-refractivity contribution >= 4 is 17.6 Å². The van der Waals surface area contributed by atoms with E-state index in [1.54, 1.807) is 31.4 Å². The minimum atomic E-state index is 0.680. The van der Waals surface area contributed by atoms with Crippen LogP contribution in [-0.2, 0) is 0 Å². The summed E-state index contributed by atoms with van der Waals surface area (Å²) in [4.78, 5) is 5.30. The van der Waals surface area contributed by atoms with Crippen LogP contribution in [0.2, 0.25) is 0 Å². The van der Waals surface area contributed by atoms with Crippen molar-refractivity contribution in [3.05, 3.63) is 52.3 Å². The molecule has 0 aliphatic heterocycles. The molecule has 0 fully saturated rings. The van der Waals surface area contributed by atoms with Crippen LogP contribution in [0.1, 0.15) is 12.5 Å². The molecule has 3 aromatic rings. The first-order valence-electron chi connectivity index (χ1n) is 7.78. The predicted molar refractivity (Wildman–Crippen MR) is 98.7 cm³/mol. The van der Waals surface area contributed by atoms with E-state index in [1.807, 2.05) is 42.6 Å². The maximum absolute atomic E-state index is 5.51. The van der Waals surface area contributed by atoms with Crippen molar-refractivity contribution in [2.45, 2.75) is 6.92 Å². The number of hydrogen-bond acceptors (Lipinski definition) is 6. The van der Waals surface area contributed by atoms with Gasteiger partial charge >= 0.3 is 0 Å². The lowest BCUT2D eigenvalue weighted by atomic mass is 10.2. The van der Waals surface area contributed by atoms with Crippen LogP contribution < -0.4 is 14.3 Å². The molecule has 6 nitrogen and oxygen atoms in total. The number of ether oxygens (including phenoxy) is 2. The third kappa shape index (κ3) is 3.66. The average Bonchev–Trinajstić information content (AvgIpc) is 3.30. The van der Waals surface area contributed by atoms with E-state index < -0.39 is 0 Å². The number of benzene rings is 1. The molecule has 7 heteroatoms. The van der Waals surface area contributed by atoms with E-state index in [0.29, 0.717) is 12.3 Å². The Bertz CT molecular complexity index is 923. The Labute approximate surface area is 149 Å². The molecule has 0 N–H and O–H groups in total. The Balaban J connectivity index is 2.04. The summed E-state index contributed by atoms with van der Waals surface area (Å²) < 4.78 is 17.9. The van der Waals surface area contributed by atoms with E-state index in [4.69, 9.17) is 13.9 Å². The van der Waals surface area contributed by atoms with Gasteiger partial charge in [-0.05, 0) is 31.2 Å². The largest absolute Gasteiger partial charge is 0.497 e. The Morgan fingerprint density at radius 1 is 1.24 bits per heavy atom. The minimum absolute atomic E-state index is 0.680. The first kappa shape index (κ1) is 17.0. The molecule has 0 aliphatic carbocycles. The molecule has 0 saturated heterocycles. The highest BCUT2D eigenvalue weighted by molar-refractivity contribution is 7.07. The summed E-state index contributed by atoms with van der Waals surface area (Å²) in [6.45, 7) is 2.67. The second-order valence-electron chi connectivity index (χ2n) is 5.02. The fourth-order valence-corrected chi connectivity index (χ4v) is 3.18. The molecular weight excluding hydrogens is 338 g/mol. The molecule has 0 aliphatic rings. The van der Waals surface area contributed by atoms with Crippen molar-refractivity contribution in [3.8, 4) is 23.0 Å². The normalized spacial score (nSPS) is 12.0. The van der Waals surface area contributed by atoms with E-state index in [0.717, 1.165) is 27.6 Å². The van der Waals surface area contributed by atoms with E-state index in [1.165, 1.54) is 11.3 Å². The molecule has 1 aromatic carbocycles. The van der Waals surface area contributed by atoms with Gasteiger partial charge in [0.1, 0.15) is 17.2 Å². The molecule has 130 valence electrons. The van der Waals surface area contributed by atoms with Gasteiger partial charge in [0, 0.05) is 23.6 Å². The number of aromatic nitrogens is 1. The Morgan fingerprint density at radius 3 is 2.80 bits per heavy atom. The van der Waals surface area contributed by atoms with Gasteiger partial charge in [0.25, 0.3) is 0 Å². The van der Waals surface area contributed by atoms with Gasteiger partial charge in [-0.2, -0.15) is 5.10 Å². The number of thiazole rings is 1. The number of furan rings is 1. The highest BCUT2D eigenvalue weighted by Gasteiger charge is 2.10. The van der Waals surface area contributed by atoms with Crippen LogP contribution in [0.15, 0.2) is 56.5 Å². The molecule has 2 aromatic heterocycles. The summed E-state index contributed by atoms with van der Waals surface area (Å²) in [7, 11) is 3.24. The smallest absolute Gasteiger partial charge is 0.206 e. The van der Waals surface area contributed by atoms with Crippen LogP contribution in [-0.4, -0.2) is 31.7 Å². The highest BCUT2D eigenvalue weighted by Crippen LogP contribution is 2.24. The van der Waals surface area contributed by atoms with Crippen molar-refractivity contribution in [2.75, 3.05) is 20.8 Å². The Hall–Kier alpha value is -2.80. The van der Waals surface area contributed by atoms with E-state index >= 15 is 0 Å². The third-order valence-corrected chi connectivity index (χ3v) is 4.36. The number of hydrogen-bond donors (Lipinski definition) is 0. The zero-order valence-corrected chi connectivity index (χ0v) is 15.1. The zero-order chi connectivity index (χ0) is 17.6. The predicted octanol–water partition coefficient (Wildman–Crippen LogP) is 3.63. The SMILES string of the molecule is CCN=c1scc(-c2ccco2)n1N=Cc1ccc(OC)cc1OC. The fourth-order valence-electron chi connectivity index (χ4n) is 2.29. The molecule has 3 rings (SSSR count). The number of nitrogens with zero attached hydrogens (tertiary/aromatic N) is 3. The quantitative estimate of drug-likeness (QED) is 0.633. The zero-order valence-electron chi connectivity index (χ0n) is 14.3. The van der Waals surface area contributed by atoms with Crippen LogP contribution in [0, 0.1) is 0 Å². The lowest BCUT2D eigenvalue weighted by Crippen LogP contribution is -2.12. The second-order valence-corrected chi connectivity index (χ2v) is 5.86. The van der Waals surface area contributed by atoms with E-state index in [-0.39, 0.29) is 0 Å². The molecule has 0 atom stereocenters. The molecule has 0 amide bonds. The first-order chi connectivity index (χ1) is 12.3. The first-order valence-corrected chi connectivity index (χ1v) is 8.66. The van der Waals surface area contributed by atoms with Crippen LogP contribution in [0.3, 0.4) is 0 Å². The van der Waals surface area contributed by atoms with E-state index in [9.17, 15) is 0 Å². The molecule has 25 heavy (non-hydrogen) atoms. The second kappa shape index (κ2) is 7.85. The summed E-state index contributed by atoms with van der Waals surface area (Å²) >= 11 is 1.52. The van der Waals surface area contributed by atoms with Gasteiger partial charge in [-0.25, -0.2) is 4.68 Å². The van der Waals surface area contributed by atoms with Crippen molar-refractivity contribution in [2.24, 2.45) is 10.1 Å². The van der Waals surface area contributed by atoms with Gasteiger partial charge in [0.15, 0.2) is 5.76 Å². The summed E-state index contributed by atoms with van der Waals surface area (Å²) in [5, 5.41) is 6.58. The maximum atomic E-state index is 5.51. The third-order valence-electron chi connectivity index (χ3n) is 3.51. The molecule has 0 saturated carbocycles. The summed E-state index contributed by atoms with van der Waals surface area (Å²) in [6, 6.07) is 9.34. The maximum Gasteiger partial charge on any atom is 0.206 e. The summed E-state index contributed by atoms with van der Waals surface area (Å²) in [5.41, 5.74) is 1.70. The van der Waals surface area contributed by atoms with Crippen LogP contribution in [0.4, 0.5) is 0 Å². The van der Waals surface area contributed by atoms with Crippen LogP contribution in [0.5, 0.6) is 11.5 Å². The lowest BCUT2D eigenvalue weighted by Gasteiger charge is -2.07. The van der Waals surface area contributed by atoms with Gasteiger partial charge in [-0.15, -0.1) is 11.3 Å². The molecule has 2 heterocycles.